The van der Waals surface area contributed by atoms with E-state index < -0.39 is 10.8 Å². The van der Waals surface area contributed by atoms with Crippen LogP contribution in [0.15, 0.2) is 48.8 Å². The van der Waals surface area contributed by atoms with Gasteiger partial charge in [-0.3, -0.25) is 9.11 Å². The second-order valence-electron chi connectivity index (χ2n) is 9.30. The summed E-state index contributed by atoms with van der Waals surface area (Å²) < 4.78 is 37.4. The van der Waals surface area contributed by atoms with Gasteiger partial charge in [-0.15, -0.1) is 10.8 Å². The minimum Gasteiger partial charge on any atom is -0.301 e. The van der Waals surface area contributed by atoms with E-state index in [9.17, 15) is 18.8 Å². The van der Waals surface area contributed by atoms with E-state index in [0.29, 0.717) is 75.4 Å². The van der Waals surface area contributed by atoms with Crippen molar-refractivity contribution in [3.05, 3.63) is 59.5 Å². The van der Waals surface area contributed by atoms with Crippen LogP contribution in [0.3, 0.4) is 0 Å². The van der Waals surface area contributed by atoms with Crippen molar-refractivity contribution in [2.75, 3.05) is 28.0 Å². The summed E-state index contributed by atoms with van der Waals surface area (Å²) in [6.45, 7) is 5.59. The fourth-order valence-electron chi connectivity index (χ4n) is 4.80. The molecule has 2 N–H and O–H groups in total. The highest BCUT2D eigenvalue weighted by molar-refractivity contribution is 8.25. The van der Waals surface area contributed by atoms with Crippen LogP contribution in [0.2, 0.25) is 0 Å². The molecular weight excluding hydrogens is 565 g/mol. The third-order valence-corrected chi connectivity index (χ3v) is 9.66. The smallest absolute Gasteiger partial charge is 0.243 e. The second kappa shape index (κ2) is 10.7. The summed E-state index contributed by atoms with van der Waals surface area (Å²) in [7, 11) is -2.88. The van der Waals surface area contributed by atoms with Gasteiger partial charge in [0.15, 0.2) is 10.9 Å². The molecule has 0 radical (unpaired) electrons. The van der Waals surface area contributed by atoms with Crippen molar-refractivity contribution in [2.24, 2.45) is 0 Å². The number of nitrogens with zero attached hydrogens (tertiary/aromatic N) is 9. The Bertz CT molecular complexity index is 1760. The van der Waals surface area contributed by atoms with Crippen LogP contribution in [0, 0.1) is 17.1 Å². The molecule has 5 aromatic rings. The molecule has 1 aliphatic heterocycles. The number of aryl methyl sites for hydroxylation is 1. The Labute approximate surface area is 241 Å². The lowest BCUT2D eigenvalue weighted by Crippen LogP contribution is -2.23. The number of thiazole rings is 1. The van der Waals surface area contributed by atoms with E-state index >= 15 is 0 Å². The van der Waals surface area contributed by atoms with E-state index in [-0.39, 0.29) is 11.8 Å². The van der Waals surface area contributed by atoms with Gasteiger partial charge in [-0.2, -0.15) is 10.4 Å². The monoisotopic (exact) mass is 591 g/mol. The van der Waals surface area contributed by atoms with Gasteiger partial charge in [0.1, 0.15) is 33.5 Å². The van der Waals surface area contributed by atoms with Crippen LogP contribution in [0.25, 0.3) is 33.5 Å². The van der Waals surface area contributed by atoms with Gasteiger partial charge in [0, 0.05) is 43.2 Å². The van der Waals surface area contributed by atoms with E-state index in [1.54, 1.807) is 24.5 Å². The first-order valence-corrected chi connectivity index (χ1v) is 15.5. The zero-order chi connectivity index (χ0) is 28.7. The number of rotatable bonds is 7. The van der Waals surface area contributed by atoms with Crippen molar-refractivity contribution in [1.82, 2.24) is 29.7 Å². The molecule has 1 fully saturated rings. The standard InChI is InChI=1S/C27H26FN9O2S2/c1-3-35(27-33-23(22(14-29)40-27)17-6-8-19(28)9-7-17)25-24-21(34-36(25)4-2)11-10-20(32-24)18-15-30-26(31-16-18)37-12-5-13-41(37,38)39/h6-11,15-16,38-39H,3-5,12-13H2,1-2H3. The molecule has 1 aliphatic rings. The highest BCUT2D eigenvalue weighted by Gasteiger charge is 2.31. The number of aromatic nitrogens is 6. The van der Waals surface area contributed by atoms with Crippen LogP contribution >= 0.6 is 22.1 Å². The molecule has 0 spiro atoms. The van der Waals surface area contributed by atoms with Gasteiger partial charge in [0.2, 0.25) is 5.95 Å². The molecule has 0 unspecified atom stereocenters. The van der Waals surface area contributed by atoms with Gasteiger partial charge in [0.05, 0.1) is 11.4 Å². The molecule has 0 amide bonds. The molecule has 11 nitrogen and oxygen atoms in total. The van der Waals surface area contributed by atoms with Gasteiger partial charge < -0.3 is 4.90 Å². The van der Waals surface area contributed by atoms with Crippen molar-refractivity contribution in [1.29, 1.82) is 5.26 Å². The summed E-state index contributed by atoms with van der Waals surface area (Å²) in [5.74, 6) is 0.969. The number of nitriles is 1. The van der Waals surface area contributed by atoms with Crippen molar-refractivity contribution >= 4 is 50.0 Å². The van der Waals surface area contributed by atoms with Gasteiger partial charge >= 0.3 is 0 Å². The highest BCUT2D eigenvalue weighted by Crippen LogP contribution is 2.49. The van der Waals surface area contributed by atoms with E-state index in [4.69, 9.17) is 15.1 Å². The van der Waals surface area contributed by atoms with E-state index in [1.165, 1.54) is 27.8 Å². The van der Waals surface area contributed by atoms with Crippen LogP contribution in [-0.2, 0) is 6.54 Å². The number of pyridine rings is 1. The Morgan fingerprint density at radius 1 is 1.07 bits per heavy atom. The molecule has 5 heterocycles. The Hall–Kier alpha value is -4.16. The SMILES string of the molecule is CCN(c1nc(-c2ccc(F)cc2)c(C#N)s1)c1c2nc(-c3cnc(N4CCCS4(O)O)nc3)ccc2nn1CC. The Morgan fingerprint density at radius 2 is 1.83 bits per heavy atom. The average Bonchev–Trinajstić information content (AvgIpc) is 3.68. The fourth-order valence-corrected chi connectivity index (χ4v) is 7.26. The average molecular weight is 592 g/mol. The number of benzene rings is 1. The minimum absolute atomic E-state index is 0.276. The maximum Gasteiger partial charge on any atom is 0.243 e. The Kier molecular flexibility index (Phi) is 7.04. The lowest BCUT2D eigenvalue weighted by atomic mass is 10.1. The number of fused-ring (bicyclic) bond motifs is 1. The van der Waals surface area contributed by atoms with Crippen LogP contribution < -0.4 is 9.21 Å². The molecule has 1 aromatic carbocycles. The van der Waals surface area contributed by atoms with Gasteiger partial charge in [-0.25, -0.2) is 33.3 Å². The van der Waals surface area contributed by atoms with Crippen LogP contribution in [0.4, 0.5) is 21.3 Å². The van der Waals surface area contributed by atoms with Crippen LogP contribution in [0.1, 0.15) is 25.1 Å². The Morgan fingerprint density at radius 3 is 2.46 bits per heavy atom. The van der Waals surface area contributed by atoms with Crippen LogP contribution in [-0.4, -0.2) is 57.7 Å². The van der Waals surface area contributed by atoms with Gasteiger partial charge in [-0.1, -0.05) is 11.3 Å². The summed E-state index contributed by atoms with van der Waals surface area (Å²) in [6.07, 6.45) is 3.92. The van der Waals surface area contributed by atoms with Crippen LogP contribution in [0.5, 0.6) is 0 Å². The number of hydrogen-bond donors (Lipinski definition) is 2. The van der Waals surface area contributed by atoms with Crippen molar-refractivity contribution in [2.45, 2.75) is 26.8 Å². The maximum atomic E-state index is 13.5. The second-order valence-corrected chi connectivity index (χ2v) is 12.4. The van der Waals surface area contributed by atoms with E-state index in [1.807, 2.05) is 35.6 Å². The summed E-state index contributed by atoms with van der Waals surface area (Å²) >= 11 is 1.26. The highest BCUT2D eigenvalue weighted by atomic mass is 32.3. The molecule has 210 valence electrons. The third kappa shape index (κ3) is 4.87. The van der Waals surface area contributed by atoms with Crippen molar-refractivity contribution in [3.8, 4) is 28.6 Å². The van der Waals surface area contributed by atoms with E-state index in [0.717, 1.165) is 5.82 Å². The number of anilines is 3. The molecule has 6 rings (SSSR count). The molecule has 14 heteroatoms. The summed E-state index contributed by atoms with van der Waals surface area (Å²) in [5, 5.41) is 15.2. The summed E-state index contributed by atoms with van der Waals surface area (Å²) in [4.78, 5) is 20.9. The first kappa shape index (κ1) is 27.0. The predicted molar refractivity (Wildman–Crippen MR) is 159 cm³/mol. The molecule has 4 aromatic heterocycles. The first-order chi connectivity index (χ1) is 19.8. The molecule has 41 heavy (non-hydrogen) atoms. The summed E-state index contributed by atoms with van der Waals surface area (Å²) in [6, 6.07) is 11.9. The van der Waals surface area contributed by atoms with Crippen molar-refractivity contribution < 1.29 is 13.5 Å². The molecule has 0 bridgehead atoms. The zero-order valence-electron chi connectivity index (χ0n) is 22.3. The predicted octanol–water partition coefficient (Wildman–Crippen LogP) is 6.08. The zero-order valence-corrected chi connectivity index (χ0v) is 23.9. The molecule has 0 atom stereocenters. The number of halogens is 1. The van der Waals surface area contributed by atoms with Crippen molar-refractivity contribution in [3.63, 3.8) is 0 Å². The first-order valence-electron chi connectivity index (χ1n) is 13.0. The molecule has 0 saturated carbocycles. The minimum atomic E-state index is -2.88. The molecule has 0 aliphatic carbocycles. The Balaban J connectivity index is 1.40. The van der Waals surface area contributed by atoms with Gasteiger partial charge in [-0.05, 0) is 56.7 Å². The van der Waals surface area contributed by atoms with E-state index in [2.05, 4.69) is 16.0 Å². The lowest BCUT2D eigenvalue weighted by Gasteiger charge is -2.36. The topological polar surface area (TPSA) is 140 Å². The lowest BCUT2D eigenvalue weighted by molar-refractivity contribution is 0.491. The van der Waals surface area contributed by atoms with Gasteiger partial charge in [0.25, 0.3) is 0 Å². The quantitative estimate of drug-likeness (QED) is 0.229. The molecule has 1 saturated heterocycles. The normalized spacial score (nSPS) is 15.3. The third-order valence-electron chi connectivity index (χ3n) is 6.79. The largest absolute Gasteiger partial charge is 0.301 e. The fraction of sp³-hybridized carbons (Fsp3) is 0.259. The maximum absolute atomic E-state index is 13.5. The molecular formula is C27H26FN9O2S2. The number of hydrogen-bond acceptors (Lipinski definition) is 11. The summed E-state index contributed by atoms with van der Waals surface area (Å²) in [5.41, 5.74) is 3.82.